The Morgan fingerprint density at radius 1 is 0.971 bits per heavy atom. The van der Waals surface area contributed by atoms with Crippen LogP contribution < -0.4 is 11.0 Å². The van der Waals surface area contributed by atoms with E-state index in [0.29, 0.717) is 23.6 Å². The Hall–Kier alpha value is -4.24. The molecule has 0 saturated heterocycles. The van der Waals surface area contributed by atoms with E-state index < -0.39 is 5.91 Å². The summed E-state index contributed by atoms with van der Waals surface area (Å²) in [6.07, 6.45) is 1.67. The van der Waals surface area contributed by atoms with Gasteiger partial charge in [-0.05, 0) is 54.4 Å². The van der Waals surface area contributed by atoms with Crippen LogP contribution in [0.3, 0.4) is 0 Å². The van der Waals surface area contributed by atoms with Crippen LogP contribution in [0, 0.1) is 12.7 Å². The number of pyridine rings is 1. The van der Waals surface area contributed by atoms with E-state index >= 15 is 0 Å². The third-order valence-electron chi connectivity index (χ3n) is 5.54. The van der Waals surface area contributed by atoms with Gasteiger partial charge in [0.05, 0.1) is 24.3 Å². The number of rotatable bonds is 6. The second-order valence-corrected chi connectivity index (χ2v) is 8.42. The number of benzene rings is 2. The lowest BCUT2D eigenvalue weighted by Gasteiger charge is -2.08. The van der Waals surface area contributed by atoms with Crippen molar-refractivity contribution in [2.45, 2.75) is 20.0 Å². The van der Waals surface area contributed by atoms with Gasteiger partial charge < -0.3 is 5.32 Å². The first-order chi connectivity index (χ1) is 16.9. The standard InChI is InChI=1S/C25H20ClFN6O2/c1-16-22(23(26)32(29-16)14-17-8-10-19(27)11-9-17)24(34)28-20-6-4-5-18(13-20)15-33-25(35)31-12-3-2-7-21(31)30-33/h2-13H,14-15H2,1H3,(H,28,34). The summed E-state index contributed by atoms with van der Waals surface area (Å²) in [6, 6.07) is 18.5. The molecule has 176 valence electrons. The fourth-order valence-corrected chi connectivity index (χ4v) is 4.18. The van der Waals surface area contributed by atoms with E-state index in [1.807, 2.05) is 12.1 Å². The van der Waals surface area contributed by atoms with Crippen LogP contribution in [0.25, 0.3) is 5.65 Å². The molecule has 0 unspecified atom stereocenters. The number of nitrogens with zero attached hydrogens (tertiary/aromatic N) is 5. The molecular weight excluding hydrogens is 471 g/mol. The molecule has 0 bridgehead atoms. The molecule has 1 amide bonds. The number of anilines is 1. The first-order valence-electron chi connectivity index (χ1n) is 10.8. The lowest BCUT2D eigenvalue weighted by molar-refractivity contribution is 0.102. The molecule has 0 aliphatic carbocycles. The first-order valence-corrected chi connectivity index (χ1v) is 11.2. The molecular formula is C25H20ClFN6O2. The summed E-state index contributed by atoms with van der Waals surface area (Å²) in [5, 5.41) is 11.8. The van der Waals surface area contributed by atoms with E-state index in [2.05, 4.69) is 15.5 Å². The van der Waals surface area contributed by atoms with Crippen molar-refractivity contribution in [2.75, 3.05) is 5.32 Å². The van der Waals surface area contributed by atoms with Gasteiger partial charge in [0.15, 0.2) is 5.65 Å². The molecule has 0 radical (unpaired) electrons. The third kappa shape index (κ3) is 4.58. The van der Waals surface area contributed by atoms with Gasteiger partial charge in [0.2, 0.25) is 0 Å². The van der Waals surface area contributed by atoms with E-state index in [4.69, 9.17) is 11.6 Å². The van der Waals surface area contributed by atoms with Gasteiger partial charge in [-0.2, -0.15) is 5.10 Å². The molecule has 8 nitrogen and oxygen atoms in total. The largest absolute Gasteiger partial charge is 0.350 e. The number of fused-ring (bicyclic) bond motifs is 1. The van der Waals surface area contributed by atoms with Gasteiger partial charge in [-0.3, -0.25) is 9.20 Å². The predicted molar refractivity (Wildman–Crippen MR) is 130 cm³/mol. The third-order valence-corrected chi connectivity index (χ3v) is 5.93. The second-order valence-electron chi connectivity index (χ2n) is 8.06. The van der Waals surface area contributed by atoms with E-state index in [1.165, 1.54) is 25.9 Å². The lowest BCUT2D eigenvalue weighted by Crippen LogP contribution is -2.21. The Morgan fingerprint density at radius 2 is 1.74 bits per heavy atom. The summed E-state index contributed by atoms with van der Waals surface area (Å²) in [4.78, 5) is 25.6. The molecule has 0 atom stereocenters. The minimum absolute atomic E-state index is 0.191. The van der Waals surface area contributed by atoms with Gasteiger partial charge >= 0.3 is 5.69 Å². The topological polar surface area (TPSA) is 86.2 Å². The maximum atomic E-state index is 13.2. The highest BCUT2D eigenvalue weighted by Gasteiger charge is 2.21. The van der Waals surface area contributed by atoms with Gasteiger partial charge in [0.25, 0.3) is 5.91 Å². The number of nitrogens with one attached hydrogen (secondary N) is 1. The predicted octanol–water partition coefficient (Wildman–Crippen LogP) is 4.14. The average molecular weight is 491 g/mol. The Balaban J connectivity index is 1.34. The van der Waals surface area contributed by atoms with Crippen molar-refractivity contribution in [3.05, 3.63) is 117 Å². The lowest BCUT2D eigenvalue weighted by atomic mass is 10.2. The molecule has 1 N–H and O–H groups in total. The highest BCUT2D eigenvalue weighted by Crippen LogP contribution is 2.23. The molecule has 3 heterocycles. The van der Waals surface area contributed by atoms with Crippen molar-refractivity contribution in [1.29, 1.82) is 0 Å². The Kier molecular flexibility index (Phi) is 5.92. The van der Waals surface area contributed by atoms with Crippen LogP contribution in [-0.4, -0.2) is 29.9 Å². The molecule has 2 aromatic carbocycles. The molecule has 0 saturated carbocycles. The van der Waals surface area contributed by atoms with E-state index in [0.717, 1.165) is 11.1 Å². The minimum atomic E-state index is -0.403. The fraction of sp³-hybridized carbons (Fsp3) is 0.120. The SMILES string of the molecule is Cc1nn(Cc2ccc(F)cc2)c(Cl)c1C(=O)Nc1cccc(Cn2nc3ccccn3c2=O)c1. The number of carbonyl (C=O) groups is 1. The quantitative estimate of drug-likeness (QED) is 0.387. The van der Waals surface area contributed by atoms with E-state index in [-0.39, 0.29) is 28.8 Å². The van der Waals surface area contributed by atoms with Crippen molar-refractivity contribution in [2.24, 2.45) is 0 Å². The number of aryl methyl sites for hydroxylation is 1. The van der Waals surface area contributed by atoms with Gasteiger partial charge in [0, 0.05) is 11.9 Å². The van der Waals surface area contributed by atoms with Crippen LogP contribution in [0.1, 0.15) is 27.2 Å². The van der Waals surface area contributed by atoms with Crippen molar-refractivity contribution in [1.82, 2.24) is 24.0 Å². The normalized spacial score (nSPS) is 11.2. The Morgan fingerprint density at radius 3 is 2.51 bits per heavy atom. The molecule has 0 spiro atoms. The van der Waals surface area contributed by atoms with Crippen molar-refractivity contribution in [3.63, 3.8) is 0 Å². The number of carbonyl (C=O) groups excluding carboxylic acids is 1. The average Bonchev–Trinajstić information content (AvgIpc) is 3.30. The molecule has 0 aliphatic rings. The summed E-state index contributed by atoms with van der Waals surface area (Å²) in [7, 11) is 0. The van der Waals surface area contributed by atoms with Gasteiger partial charge in [0.1, 0.15) is 11.0 Å². The Bertz CT molecular complexity index is 1600. The summed E-state index contributed by atoms with van der Waals surface area (Å²) < 4.78 is 17.5. The van der Waals surface area contributed by atoms with Crippen LogP contribution >= 0.6 is 11.6 Å². The maximum absolute atomic E-state index is 13.2. The number of halogens is 2. The first kappa shape index (κ1) is 22.5. The van der Waals surface area contributed by atoms with Gasteiger partial charge in [-0.1, -0.05) is 41.9 Å². The van der Waals surface area contributed by atoms with Crippen LogP contribution in [0.4, 0.5) is 10.1 Å². The summed E-state index contributed by atoms with van der Waals surface area (Å²) in [5.41, 5.74) is 3.19. The van der Waals surface area contributed by atoms with Crippen LogP contribution in [0.5, 0.6) is 0 Å². The minimum Gasteiger partial charge on any atom is -0.322 e. The smallest absolute Gasteiger partial charge is 0.322 e. The van der Waals surface area contributed by atoms with Crippen molar-refractivity contribution < 1.29 is 9.18 Å². The van der Waals surface area contributed by atoms with E-state index in [9.17, 15) is 14.0 Å². The van der Waals surface area contributed by atoms with Crippen LogP contribution in [0.2, 0.25) is 5.15 Å². The summed E-state index contributed by atoms with van der Waals surface area (Å²) in [5.74, 6) is -0.732. The molecule has 5 aromatic rings. The zero-order chi connectivity index (χ0) is 24.5. The second kappa shape index (κ2) is 9.19. The van der Waals surface area contributed by atoms with Gasteiger partial charge in [-0.25, -0.2) is 18.5 Å². The van der Waals surface area contributed by atoms with Crippen LogP contribution in [-0.2, 0) is 13.1 Å². The molecule has 5 rings (SSSR count). The van der Waals surface area contributed by atoms with E-state index in [1.54, 1.807) is 55.6 Å². The molecule has 0 aliphatic heterocycles. The van der Waals surface area contributed by atoms with Crippen LogP contribution in [0.15, 0.2) is 77.7 Å². The van der Waals surface area contributed by atoms with Crippen molar-refractivity contribution >= 4 is 28.8 Å². The molecule has 10 heteroatoms. The van der Waals surface area contributed by atoms with Crippen molar-refractivity contribution in [3.8, 4) is 0 Å². The zero-order valence-electron chi connectivity index (χ0n) is 18.7. The molecule has 3 aromatic heterocycles. The number of hydrogen-bond donors (Lipinski definition) is 1. The van der Waals surface area contributed by atoms with Gasteiger partial charge in [-0.15, -0.1) is 5.10 Å². The maximum Gasteiger partial charge on any atom is 0.350 e. The number of hydrogen-bond acceptors (Lipinski definition) is 4. The summed E-state index contributed by atoms with van der Waals surface area (Å²) in [6.45, 7) is 2.25. The number of aromatic nitrogens is 5. The highest BCUT2D eigenvalue weighted by molar-refractivity contribution is 6.33. The summed E-state index contributed by atoms with van der Waals surface area (Å²) >= 11 is 6.48. The highest BCUT2D eigenvalue weighted by atomic mass is 35.5. The zero-order valence-corrected chi connectivity index (χ0v) is 19.4. The molecule has 0 fully saturated rings. The fourth-order valence-electron chi connectivity index (χ4n) is 3.86. The Labute approximate surface area is 204 Å². The monoisotopic (exact) mass is 490 g/mol. The number of amides is 1. The molecule has 35 heavy (non-hydrogen) atoms.